The summed E-state index contributed by atoms with van der Waals surface area (Å²) in [5, 5.41) is 12.7. The van der Waals surface area contributed by atoms with Gasteiger partial charge in [0.05, 0.1) is 0 Å². The van der Waals surface area contributed by atoms with Gasteiger partial charge in [-0.3, -0.25) is 9.69 Å². The van der Waals surface area contributed by atoms with Gasteiger partial charge in [-0.2, -0.15) is 17.9 Å². The zero-order chi connectivity index (χ0) is 11.7. The molecular weight excluding hydrogens is 226 g/mol. The number of nitriles is 1. The summed E-state index contributed by atoms with van der Waals surface area (Å²) in [6, 6.07) is 2.00. The predicted octanol–water partition coefficient (Wildman–Crippen LogP) is 1.14. The smallest absolute Gasteiger partial charge is 0.252 e. The van der Waals surface area contributed by atoms with Crippen LogP contribution in [0.5, 0.6) is 0 Å². The zero-order valence-corrected chi connectivity index (χ0v) is 9.70. The molecule has 1 amide bonds. The van der Waals surface area contributed by atoms with Crippen molar-refractivity contribution in [1.82, 2.24) is 5.16 Å². The number of hydrogen-bond donors (Lipinski definition) is 1. The Balaban J connectivity index is 2.32. The quantitative estimate of drug-likeness (QED) is 0.783. The SMILES string of the molecule is Cc1noc(N2CC(CS)CC2=O)c1C#N. The van der Waals surface area contributed by atoms with Crippen LogP contribution in [0.25, 0.3) is 0 Å². The number of amides is 1. The van der Waals surface area contributed by atoms with Gasteiger partial charge >= 0.3 is 0 Å². The summed E-state index contributed by atoms with van der Waals surface area (Å²) >= 11 is 4.17. The lowest BCUT2D eigenvalue weighted by Crippen LogP contribution is -2.25. The first-order valence-electron chi connectivity index (χ1n) is 4.95. The Hall–Kier alpha value is -1.48. The van der Waals surface area contributed by atoms with E-state index in [-0.39, 0.29) is 17.7 Å². The number of hydrogen-bond acceptors (Lipinski definition) is 5. The number of nitrogens with zero attached hydrogens (tertiary/aromatic N) is 3. The summed E-state index contributed by atoms with van der Waals surface area (Å²) in [7, 11) is 0. The highest BCUT2D eigenvalue weighted by Gasteiger charge is 2.34. The fraction of sp³-hybridized carbons (Fsp3) is 0.500. The van der Waals surface area contributed by atoms with Crippen molar-refractivity contribution in [2.45, 2.75) is 13.3 Å². The second-order valence-corrected chi connectivity index (χ2v) is 4.18. The maximum Gasteiger partial charge on any atom is 0.252 e. The number of anilines is 1. The van der Waals surface area contributed by atoms with Gasteiger partial charge in [0.15, 0.2) is 0 Å². The van der Waals surface area contributed by atoms with Crippen molar-refractivity contribution in [2.24, 2.45) is 5.92 Å². The van der Waals surface area contributed by atoms with E-state index >= 15 is 0 Å². The molecule has 6 heteroatoms. The molecular formula is C10H11N3O2S. The Morgan fingerprint density at radius 3 is 3.06 bits per heavy atom. The molecule has 2 heterocycles. The molecule has 1 aliphatic rings. The van der Waals surface area contributed by atoms with Crippen molar-refractivity contribution < 1.29 is 9.32 Å². The fourth-order valence-corrected chi connectivity index (χ4v) is 2.02. The van der Waals surface area contributed by atoms with Gasteiger partial charge in [-0.15, -0.1) is 0 Å². The standard InChI is InChI=1S/C10H11N3O2S/c1-6-8(3-11)10(15-12-6)13-4-7(5-16)2-9(13)14/h7,16H,2,4-5H2,1H3. The average Bonchev–Trinajstić information content (AvgIpc) is 2.81. The minimum Gasteiger partial charge on any atom is -0.336 e. The largest absolute Gasteiger partial charge is 0.336 e. The van der Waals surface area contributed by atoms with Gasteiger partial charge in [-0.1, -0.05) is 5.16 Å². The third kappa shape index (κ3) is 1.67. The van der Waals surface area contributed by atoms with Gasteiger partial charge in [-0.05, 0) is 18.6 Å². The predicted molar refractivity (Wildman–Crippen MR) is 60.3 cm³/mol. The minimum atomic E-state index is -0.0355. The van der Waals surface area contributed by atoms with Crippen LogP contribution in [-0.2, 0) is 4.79 Å². The summed E-state index contributed by atoms with van der Waals surface area (Å²) in [5.74, 6) is 1.10. The van der Waals surface area contributed by atoms with Crippen molar-refractivity contribution in [2.75, 3.05) is 17.2 Å². The second-order valence-electron chi connectivity index (χ2n) is 3.82. The second kappa shape index (κ2) is 4.18. The molecule has 1 aromatic heterocycles. The van der Waals surface area contributed by atoms with Crippen LogP contribution in [0.3, 0.4) is 0 Å². The first-order chi connectivity index (χ1) is 7.67. The molecule has 2 rings (SSSR count). The minimum absolute atomic E-state index is 0.0355. The van der Waals surface area contributed by atoms with Crippen LogP contribution in [-0.4, -0.2) is 23.4 Å². The Bertz CT molecular complexity index is 463. The lowest BCUT2D eigenvalue weighted by molar-refractivity contribution is -0.117. The molecule has 1 saturated heterocycles. The molecule has 0 aromatic carbocycles. The summed E-state index contributed by atoms with van der Waals surface area (Å²) in [6.45, 7) is 2.23. The Kier molecular flexibility index (Phi) is 2.88. The van der Waals surface area contributed by atoms with Gasteiger partial charge in [0.1, 0.15) is 17.3 Å². The third-order valence-electron chi connectivity index (χ3n) is 2.66. The molecule has 1 fully saturated rings. The highest BCUT2D eigenvalue weighted by molar-refractivity contribution is 7.80. The van der Waals surface area contributed by atoms with E-state index in [1.807, 2.05) is 6.07 Å². The van der Waals surface area contributed by atoms with Crippen LogP contribution in [0.4, 0.5) is 5.88 Å². The van der Waals surface area contributed by atoms with E-state index in [1.165, 1.54) is 4.90 Å². The van der Waals surface area contributed by atoms with Crippen molar-refractivity contribution in [1.29, 1.82) is 5.26 Å². The third-order valence-corrected chi connectivity index (χ3v) is 3.18. The molecule has 0 spiro atoms. The number of rotatable bonds is 2. The first kappa shape index (κ1) is 11.0. The molecule has 1 aromatic rings. The van der Waals surface area contributed by atoms with Gasteiger partial charge in [0, 0.05) is 13.0 Å². The van der Waals surface area contributed by atoms with Crippen LogP contribution in [0.1, 0.15) is 17.7 Å². The van der Waals surface area contributed by atoms with E-state index in [1.54, 1.807) is 6.92 Å². The van der Waals surface area contributed by atoms with E-state index in [0.717, 1.165) is 0 Å². The fourth-order valence-electron chi connectivity index (χ4n) is 1.77. The van der Waals surface area contributed by atoms with Crippen molar-refractivity contribution in [3.8, 4) is 6.07 Å². The maximum atomic E-state index is 11.7. The van der Waals surface area contributed by atoms with Crippen LogP contribution in [0.2, 0.25) is 0 Å². The highest BCUT2D eigenvalue weighted by Crippen LogP contribution is 2.29. The van der Waals surface area contributed by atoms with Crippen LogP contribution in [0, 0.1) is 24.2 Å². The van der Waals surface area contributed by atoms with E-state index in [0.29, 0.717) is 30.0 Å². The van der Waals surface area contributed by atoms with Crippen LogP contribution >= 0.6 is 12.6 Å². The molecule has 0 radical (unpaired) electrons. The Morgan fingerprint density at radius 2 is 2.50 bits per heavy atom. The summed E-state index contributed by atoms with van der Waals surface area (Å²) < 4.78 is 5.04. The van der Waals surface area contributed by atoms with E-state index in [4.69, 9.17) is 9.78 Å². The van der Waals surface area contributed by atoms with E-state index in [2.05, 4.69) is 17.8 Å². The molecule has 1 atom stereocenters. The number of aromatic nitrogens is 1. The molecule has 0 N–H and O–H groups in total. The molecule has 0 saturated carbocycles. The van der Waals surface area contributed by atoms with Gasteiger partial charge in [0.25, 0.3) is 5.88 Å². The zero-order valence-electron chi connectivity index (χ0n) is 8.80. The molecule has 0 aliphatic carbocycles. The van der Waals surface area contributed by atoms with Crippen molar-refractivity contribution >= 4 is 24.4 Å². The number of aryl methyl sites for hydroxylation is 1. The van der Waals surface area contributed by atoms with Gasteiger partial charge in [-0.25, -0.2) is 0 Å². The molecule has 1 aliphatic heterocycles. The van der Waals surface area contributed by atoms with Crippen LogP contribution in [0.15, 0.2) is 4.52 Å². The molecule has 0 bridgehead atoms. The lowest BCUT2D eigenvalue weighted by Gasteiger charge is -2.11. The Morgan fingerprint density at radius 1 is 1.75 bits per heavy atom. The maximum absolute atomic E-state index is 11.7. The summed E-state index contributed by atoms with van der Waals surface area (Å²) in [4.78, 5) is 13.2. The molecule has 1 unspecified atom stereocenters. The molecule has 5 nitrogen and oxygen atoms in total. The van der Waals surface area contributed by atoms with E-state index < -0.39 is 0 Å². The molecule has 16 heavy (non-hydrogen) atoms. The van der Waals surface area contributed by atoms with Crippen LogP contribution < -0.4 is 4.90 Å². The highest BCUT2D eigenvalue weighted by atomic mass is 32.1. The number of carbonyl (C=O) groups excluding carboxylic acids is 1. The Labute approximate surface area is 98.4 Å². The summed E-state index contributed by atoms with van der Waals surface area (Å²) in [5.41, 5.74) is 0.854. The summed E-state index contributed by atoms with van der Waals surface area (Å²) in [6.07, 6.45) is 0.452. The van der Waals surface area contributed by atoms with Crippen molar-refractivity contribution in [3.05, 3.63) is 11.3 Å². The van der Waals surface area contributed by atoms with Crippen molar-refractivity contribution in [3.63, 3.8) is 0 Å². The monoisotopic (exact) mass is 237 g/mol. The normalized spacial score (nSPS) is 20.2. The average molecular weight is 237 g/mol. The number of carbonyl (C=O) groups is 1. The van der Waals surface area contributed by atoms with Gasteiger partial charge in [0.2, 0.25) is 5.91 Å². The first-order valence-corrected chi connectivity index (χ1v) is 5.58. The van der Waals surface area contributed by atoms with Gasteiger partial charge < -0.3 is 4.52 Å². The number of thiol groups is 1. The lowest BCUT2D eigenvalue weighted by atomic mass is 10.1. The molecule has 84 valence electrons. The topological polar surface area (TPSA) is 70.1 Å². The van der Waals surface area contributed by atoms with E-state index in [9.17, 15) is 4.79 Å².